The Balaban J connectivity index is 1.41. The highest BCUT2D eigenvalue weighted by Crippen LogP contribution is 2.44. The summed E-state index contributed by atoms with van der Waals surface area (Å²) in [6.45, 7) is 5.61. The number of pyridine rings is 1. The van der Waals surface area contributed by atoms with Crippen LogP contribution in [0.25, 0.3) is 11.0 Å². The number of likely N-dealkylation sites (tertiary alicyclic amines) is 1. The van der Waals surface area contributed by atoms with E-state index in [0.29, 0.717) is 87.7 Å². The molecule has 2 aromatic heterocycles. The van der Waals surface area contributed by atoms with Crippen molar-refractivity contribution in [1.82, 2.24) is 18.8 Å². The van der Waals surface area contributed by atoms with Crippen LogP contribution in [0.4, 0.5) is 20.2 Å². The monoisotopic (exact) mass is 754 g/mol. The molecule has 3 aliphatic rings. The van der Waals surface area contributed by atoms with Crippen molar-refractivity contribution in [3.8, 4) is 11.5 Å². The second-order valence-corrected chi connectivity index (χ2v) is 15.3. The highest BCUT2D eigenvalue weighted by atomic mass is 32.2. The molecular formula is C36H40F2N6O6S2. The molecule has 2 saturated heterocycles. The van der Waals surface area contributed by atoms with Crippen LogP contribution >= 0.6 is 12.2 Å². The van der Waals surface area contributed by atoms with Crippen molar-refractivity contribution in [2.45, 2.75) is 37.8 Å². The van der Waals surface area contributed by atoms with Crippen LogP contribution in [0.3, 0.4) is 0 Å². The number of morpholine rings is 1. The van der Waals surface area contributed by atoms with Gasteiger partial charge in [0.2, 0.25) is 5.91 Å². The topological polar surface area (TPSA) is 110 Å². The maximum absolute atomic E-state index is 16.0. The minimum Gasteiger partial charge on any atom is -0.493 e. The fourth-order valence-electron chi connectivity index (χ4n) is 7.33. The van der Waals surface area contributed by atoms with Crippen molar-refractivity contribution in [1.29, 1.82) is 0 Å². The van der Waals surface area contributed by atoms with Gasteiger partial charge in [-0.05, 0) is 49.2 Å². The molecule has 0 unspecified atom stereocenters. The number of ether oxygens (including phenoxy) is 3. The number of benzene rings is 2. The van der Waals surface area contributed by atoms with Crippen LogP contribution in [0.2, 0.25) is 0 Å². The molecule has 276 valence electrons. The zero-order valence-corrected chi connectivity index (χ0v) is 30.8. The van der Waals surface area contributed by atoms with Gasteiger partial charge < -0.3 is 28.9 Å². The first-order valence-electron chi connectivity index (χ1n) is 17.1. The third-order valence-electron chi connectivity index (χ3n) is 10.1. The van der Waals surface area contributed by atoms with Gasteiger partial charge >= 0.3 is 0 Å². The SMILES string of the molecule is COc1cc(OC)c(F)c(N2Cc3cnc4c(cc(CN5CCOCC5)n4S(=O)(=O)c4ccccc4)c3N(CC3CCN(C(C)=O)CC3)C2=S)c1F. The molecule has 0 aliphatic carbocycles. The van der Waals surface area contributed by atoms with Gasteiger partial charge in [0.05, 0.1) is 50.3 Å². The summed E-state index contributed by atoms with van der Waals surface area (Å²) >= 11 is 6.11. The molecule has 4 aromatic rings. The van der Waals surface area contributed by atoms with Crippen LogP contribution in [-0.4, -0.2) is 98.4 Å². The van der Waals surface area contributed by atoms with E-state index < -0.39 is 27.3 Å². The molecule has 16 heteroatoms. The lowest BCUT2D eigenvalue weighted by Crippen LogP contribution is -2.51. The summed E-state index contributed by atoms with van der Waals surface area (Å²) in [6.07, 6.45) is 2.92. The Morgan fingerprint density at radius 2 is 1.63 bits per heavy atom. The summed E-state index contributed by atoms with van der Waals surface area (Å²) in [4.78, 5) is 24.1. The Hall–Kier alpha value is -4.38. The lowest BCUT2D eigenvalue weighted by Gasteiger charge is -2.42. The normalized spacial score (nSPS) is 17.5. The van der Waals surface area contributed by atoms with E-state index in [1.165, 1.54) is 23.1 Å². The van der Waals surface area contributed by atoms with E-state index in [2.05, 4.69) is 4.90 Å². The lowest BCUT2D eigenvalue weighted by atomic mass is 9.95. The van der Waals surface area contributed by atoms with Crippen molar-refractivity contribution in [2.75, 3.05) is 70.0 Å². The van der Waals surface area contributed by atoms with Crippen LogP contribution in [0.1, 0.15) is 31.0 Å². The molecule has 12 nitrogen and oxygen atoms in total. The number of nitrogens with zero attached hydrogens (tertiary/aromatic N) is 6. The van der Waals surface area contributed by atoms with Gasteiger partial charge in [0.1, 0.15) is 5.69 Å². The van der Waals surface area contributed by atoms with Gasteiger partial charge in [-0.1, -0.05) is 18.2 Å². The van der Waals surface area contributed by atoms with Gasteiger partial charge in [0, 0.05) is 69.4 Å². The van der Waals surface area contributed by atoms with Crippen LogP contribution in [0.5, 0.6) is 11.5 Å². The average molecular weight is 755 g/mol. The van der Waals surface area contributed by atoms with Crippen LogP contribution < -0.4 is 19.3 Å². The maximum atomic E-state index is 16.0. The zero-order chi connectivity index (χ0) is 36.7. The first-order valence-corrected chi connectivity index (χ1v) is 19.0. The molecule has 2 aromatic carbocycles. The van der Waals surface area contributed by atoms with E-state index in [-0.39, 0.29) is 45.5 Å². The molecule has 0 saturated carbocycles. The number of amides is 1. The second kappa shape index (κ2) is 14.6. The Labute approximate surface area is 306 Å². The molecule has 5 heterocycles. The largest absolute Gasteiger partial charge is 0.493 e. The Morgan fingerprint density at radius 3 is 2.25 bits per heavy atom. The fraction of sp³-hybridized carbons (Fsp3) is 0.417. The summed E-state index contributed by atoms with van der Waals surface area (Å²) in [5.41, 5.74) is 1.52. The molecule has 52 heavy (non-hydrogen) atoms. The van der Waals surface area contributed by atoms with Crippen LogP contribution in [0, 0.1) is 17.6 Å². The summed E-state index contributed by atoms with van der Waals surface area (Å²) in [5.74, 6) is -2.25. The van der Waals surface area contributed by atoms with Crippen molar-refractivity contribution in [2.24, 2.45) is 5.92 Å². The minimum atomic E-state index is -4.11. The number of thiocarbonyl (C=S) groups is 1. The number of piperidine rings is 1. The van der Waals surface area contributed by atoms with E-state index in [1.807, 2.05) is 11.0 Å². The average Bonchev–Trinajstić information content (AvgIpc) is 3.53. The molecule has 0 bridgehead atoms. The van der Waals surface area contributed by atoms with Gasteiger partial charge in [-0.15, -0.1) is 0 Å². The first kappa shape index (κ1) is 36.0. The number of carbonyl (C=O) groups is 1. The number of methoxy groups -OCH3 is 2. The predicted octanol–water partition coefficient (Wildman–Crippen LogP) is 4.77. The molecule has 1 amide bonds. The smallest absolute Gasteiger partial charge is 0.269 e. The standard InChI is InChI=1S/C36H40F2N6O6S2/c1-23(45)41-11-9-24(10-12-41)20-42-33-25(21-43(36(42)51)34-31(37)29(48-2)18-30(49-3)32(34)38)19-39-35-28(33)17-26(22-40-13-15-50-16-14-40)44(35)52(46,47)27-7-5-4-6-8-27/h4-8,17-19,24H,9-16,20-22H2,1-3H3. The molecule has 7 rings (SSSR count). The number of halogens is 2. The highest BCUT2D eigenvalue weighted by Gasteiger charge is 2.38. The van der Waals surface area contributed by atoms with E-state index in [0.717, 1.165) is 6.07 Å². The number of aromatic nitrogens is 2. The molecule has 0 spiro atoms. The van der Waals surface area contributed by atoms with Gasteiger partial charge in [-0.2, -0.15) is 0 Å². The number of fused-ring (bicyclic) bond motifs is 3. The molecule has 2 fully saturated rings. The van der Waals surface area contributed by atoms with E-state index in [1.54, 1.807) is 48.4 Å². The van der Waals surface area contributed by atoms with E-state index >= 15 is 8.78 Å². The van der Waals surface area contributed by atoms with Crippen molar-refractivity contribution < 1.29 is 36.2 Å². The van der Waals surface area contributed by atoms with Crippen LogP contribution in [0.15, 0.2) is 53.6 Å². The lowest BCUT2D eigenvalue weighted by molar-refractivity contribution is -0.130. The maximum Gasteiger partial charge on any atom is 0.269 e. The quantitative estimate of drug-likeness (QED) is 0.221. The third-order valence-corrected chi connectivity index (χ3v) is 12.3. The number of rotatable bonds is 9. The van der Waals surface area contributed by atoms with Gasteiger partial charge in [-0.3, -0.25) is 9.69 Å². The van der Waals surface area contributed by atoms with E-state index in [4.69, 9.17) is 31.4 Å². The molecule has 0 atom stereocenters. The number of hydrogen-bond acceptors (Lipinski definition) is 9. The summed E-state index contributed by atoms with van der Waals surface area (Å²) in [5, 5.41) is 0.670. The van der Waals surface area contributed by atoms with Crippen molar-refractivity contribution in [3.63, 3.8) is 0 Å². The van der Waals surface area contributed by atoms with Crippen molar-refractivity contribution in [3.05, 3.63) is 71.6 Å². The first-order chi connectivity index (χ1) is 25.0. The second-order valence-electron chi connectivity index (χ2n) is 13.2. The van der Waals surface area contributed by atoms with Gasteiger partial charge in [0.25, 0.3) is 10.0 Å². The minimum absolute atomic E-state index is 0.00271. The van der Waals surface area contributed by atoms with E-state index in [9.17, 15) is 13.2 Å². The van der Waals surface area contributed by atoms with Crippen molar-refractivity contribution >= 4 is 55.7 Å². The number of anilines is 2. The number of hydrogen-bond donors (Lipinski definition) is 0. The Bertz CT molecular complexity index is 2090. The van der Waals surface area contributed by atoms with Gasteiger partial charge in [-0.25, -0.2) is 26.2 Å². The summed E-state index contributed by atoms with van der Waals surface area (Å²) in [7, 11) is -1.54. The third kappa shape index (κ3) is 6.46. The van der Waals surface area contributed by atoms with Crippen LogP contribution in [-0.2, 0) is 32.6 Å². The Kier molecular flexibility index (Phi) is 10.1. The number of carbonyl (C=O) groups excluding carboxylic acids is 1. The zero-order valence-electron chi connectivity index (χ0n) is 29.2. The Morgan fingerprint density at radius 1 is 0.981 bits per heavy atom. The molecule has 0 N–H and O–H groups in total. The predicted molar refractivity (Wildman–Crippen MR) is 195 cm³/mol. The highest BCUT2D eigenvalue weighted by molar-refractivity contribution is 7.90. The summed E-state index contributed by atoms with van der Waals surface area (Å²) in [6, 6.07) is 11.2. The molecular weight excluding hydrogens is 715 g/mol. The fourth-order valence-corrected chi connectivity index (χ4v) is 9.15. The molecule has 3 aliphatic heterocycles. The summed E-state index contributed by atoms with van der Waals surface area (Å²) < 4.78 is 78.2. The molecule has 0 radical (unpaired) electrons. The van der Waals surface area contributed by atoms with Gasteiger partial charge in [0.15, 0.2) is 33.9 Å².